The predicted molar refractivity (Wildman–Crippen MR) is 83.8 cm³/mol. The molecule has 0 aromatic heterocycles. The number of rotatable bonds is 9. The summed E-state index contributed by atoms with van der Waals surface area (Å²) in [6.45, 7) is 11.7. The van der Waals surface area contributed by atoms with Crippen LogP contribution in [0.2, 0.25) is 0 Å². The zero-order chi connectivity index (χ0) is 15.0. The number of nitrogens with zero attached hydrogens (tertiary/aromatic N) is 2. The van der Waals surface area contributed by atoms with E-state index in [0.717, 1.165) is 32.4 Å². The van der Waals surface area contributed by atoms with Crippen molar-refractivity contribution in [2.45, 2.75) is 33.1 Å². The summed E-state index contributed by atoms with van der Waals surface area (Å²) in [7, 11) is -3.33. The molecule has 5 nitrogen and oxygen atoms in total. The number of hydrogen-bond acceptors (Lipinski definition) is 3. The van der Waals surface area contributed by atoms with Crippen molar-refractivity contribution in [3.05, 3.63) is 12.7 Å². The number of nitrogens with one attached hydrogen (secondary N) is 1. The maximum absolute atomic E-state index is 12.6. The van der Waals surface area contributed by atoms with Gasteiger partial charge >= 0.3 is 0 Å². The summed E-state index contributed by atoms with van der Waals surface area (Å²) < 4.78 is 28.3. The fourth-order valence-electron chi connectivity index (χ4n) is 2.58. The lowest BCUT2D eigenvalue weighted by Crippen LogP contribution is -2.49. The Morgan fingerprint density at radius 1 is 1.45 bits per heavy atom. The molecule has 1 fully saturated rings. The van der Waals surface area contributed by atoms with Crippen LogP contribution in [0.25, 0.3) is 0 Å². The third-order valence-corrected chi connectivity index (χ3v) is 5.72. The summed E-state index contributed by atoms with van der Waals surface area (Å²) in [5.74, 6) is 0.424. The molecule has 0 aromatic rings. The Morgan fingerprint density at radius 2 is 2.20 bits per heavy atom. The molecule has 1 unspecified atom stereocenters. The fourth-order valence-corrected chi connectivity index (χ4v) is 4.29. The van der Waals surface area contributed by atoms with Crippen LogP contribution in [0, 0.1) is 5.92 Å². The lowest BCUT2D eigenvalue weighted by Gasteiger charge is -2.35. The van der Waals surface area contributed by atoms with Crippen LogP contribution >= 0.6 is 0 Å². The topological polar surface area (TPSA) is 52.7 Å². The Hall–Kier alpha value is -0.430. The minimum Gasteiger partial charge on any atom is -0.316 e. The highest BCUT2D eigenvalue weighted by molar-refractivity contribution is 7.86. The largest absolute Gasteiger partial charge is 0.316 e. The lowest BCUT2D eigenvalue weighted by atomic mass is 10.00. The van der Waals surface area contributed by atoms with E-state index in [-0.39, 0.29) is 0 Å². The van der Waals surface area contributed by atoms with E-state index in [1.807, 2.05) is 6.92 Å². The highest BCUT2D eigenvalue weighted by atomic mass is 32.2. The van der Waals surface area contributed by atoms with Crippen molar-refractivity contribution < 1.29 is 8.42 Å². The quantitative estimate of drug-likeness (QED) is 0.518. The first-order valence-corrected chi connectivity index (χ1v) is 9.02. The molecule has 1 atom stereocenters. The molecule has 1 N–H and O–H groups in total. The average Bonchev–Trinajstić information content (AvgIpc) is 2.45. The summed E-state index contributed by atoms with van der Waals surface area (Å²) in [5, 5.41) is 3.39. The summed E-state index contributed by atoms with van der Waals surface area (Å²) in [6, 6.07) is 0. The third-order valence-electron chi connectivity index (χ3n) is 3.68. The van der Waals surface area contributed by atoms with Crippen molar-refractivity contribution in [2.24, 2.45) is 5.92 Å². The molecule has 0 aromatic carbocycles. The van der Waals surface area contributed by atoms with Gasteiger partial charge in [-0.3, -0.25) is 0 Å². The molecule has 1 rings (SSSR count). The van der Waals surface area contributed by atoms with Gasteiger partial charge in [0, 0.05) is 26.2 Å². The van der Waals surface area contributed by atoms with Crippen molar-refractivity contribution in [3.63, 3.8) is 0 Å². The van der Waals surface area contributed by atoms with Crippen LogP contribution in [-0.4, -0.2) is 56.3 Å². The average molecular weight is 303 g/mol. The van der Waals surface area contributed by atoms with Gasteiger partial charge in [0.2, 0.25) is 0 Å². The molecule has 118 valence electrons. The van der Waals surface area contributed by atoms with E-state index in [9.17, 15) is 8.42 Å². The standard InChI is InChI=1S/C14H29N3O2S/c1-4-9-15-12-14-8-7-11-17(13-14)20(18,19)16(6-3)10-5-2/h5,14-15H,2,4,6-13H2,1,3H3. The number of hydrogen-bond donors (Lipinski definition) is 1. The molecule has 6 heteroatoms. The maximum Gasteiger partial charge on any atom is 0.282 e. The Labute approximate surface area is 124 Å². The van der Waals surface area contributed by atoms with E-state index < -0.39 is 10.2 Å². The van der Waals surface area contributed by atoms with E-state index >= 15 is 0 Å². The van der Waals surface area contributed by atoms with Crippen LogP contribution in [0.3, 0.4) is 0 Å². The van der Waals surface area contributed by atoms with Crippen LogP contribution < -0.4 is 5.32 Å². The first-order valence-electron chi connectivity index (χ1n) is 7.63. The Morgan fingerprint density at radius 3 is 2.80 bits per heavy atom. The second-order valence-corrected chi connectivity index (χ2v) is 7.25. The van der Waals surface area contributed by atoms with Crippen molar-refractivity contribution >= 4 is 10.2 Å². The molecule has 0 radical (unpaired) electrons. The van der Waals surface area contributed by atoms with Gasteiger partial charge < -0.3 is 5.32 Å². The van der Waals surface area contributed by atoms with Gasteiger partial charge in [-0.2, -0.15) is 17.0 Å². The van der Waals surface area contributed by atoms with Gasteiger partial charge in [-0.05, 0) is 38.3 Å². The van der Waals surface area contributed by atoms with E-state index in [2.05, 4.69) is 18.8 Å². The van der Waals surface area contributed by atoms with Gasteiger partial charge in [0.25, 0.3) is 10.2 Å². The third kappa shape index (κ3) is 4.84. The highest BCUT2D eigenvalue weighted by Gasteiger charge is 2.32. The van der Waals surface area contributed by atoms with Gasteiger partial charge in [-0.25, -0.2) is 0 Å². The van der Waals surface area contributed by atoms with E-state index in [4.69, 9.17) is 0 Å². The molecular formula is C14H29N3O2S. The van der Waals surface area contributed by atoms with Crippen LogP contribution in [-0.2, 0) is 10.2 Å². The second-order valence-electron chi connectivity index (χ2n) is 5.32. The predicted octanol–water partition coefficient (Wildman–Crippen LogP) is 1.45. The minimum absolute atomic E-state index is 0.383. The van der Waals surface area contributed by atoms with Crippen LogP contribution in [0.5, 0.6) is 0 Å². The van der Waals surface area contributed by atoms with E-state index in [1.54, 1.807) is 10.4 Å². The molecule has 20 heavy (non-hydrogen) atoms. The normalized spacial score (nSPS) is 21.2. The minimum atomic E-state index is -3.33. The number of likely N-dealkylation sites (N-methyl/N-ethyl adjacent to an activating group) is 1. The van der Waals surface area contributed by atoms with Crippen LogP contribution in [0.4, 0.5) is 0 Å². The molecule has 1 aliphatic rings. The van der Waals surface area contributed by atoms with Crippen LogP contribution in [0.15, 0.2) is 12.7 Å². The van der Waals surface area contributed by atoms with Crippen molar-refractivity contribution in [1.29, 1.82) is 0 Å². The SMILES string of the molecule is C=CCN(CC)S(=O)(=O)N1CCCC(CNCCC)C1. The smallest absolute Gasteiger partial charge is 0.282 e. The van der Waals surface area contributed by atoms with Crippen molar-refractivity contribution in [2.75, 3.05) is 39.3 Å². The van der Waals surface area contributed by atoms with Crippen molar-refractivity contribution in [1.82, 2.24) is 13.9 Å². The number of piperidine rings is 1. The van der Waals surface area contributed by atoms with Gasteiger partial charge in [-0.15, -0.1) is 6.58 Å². The van der Waals surface area contributed by atoms with Crippen LogP contribution in [0.1, 0.15) is 33.1 Å². The molecule has 0 saturated carbocycles. The molecule has 0 aliphatic carbocycles. The molecule has 1 aliphatic heterocycles. The summed E-state index contributed by atoms with van der Waals surface area (Å²) in [4.78, 5) is 0. The van der Waals surface area contributed by atoms with Gasteiger partial charge in [0.15, 0.2) is 0 Å². The zero-order valence-electron chi connectivity index (χ0n) is 12.8. The Bertz CT molecular complexity index is 384. The van der Waals surface area contributed by atoms with Crippen molar-refractivity contribution in [3.8, 4) is 0 Å². The summed E-state index contributed by atoms with van der Waals surface area (Å²) >= 11 is 0. The molecule has 1 saturated heterocycles. The van der Waals surface area contributed by atoms with Gasteiger partial charge in [-0.1, -0.05) is 19.9 Å². The maximum atomic E-state index is 12.6. The van der Waals surface area contributed by atoms with E-state index in [0.29, 0.717) is 32.1 Å². The fraction of sp³-hybridized carbons (Fsp3) is 0.857. The monoisotopic (exact) mass is 303 g/mol. The molecule has 0 bridgehead atoms. The van der Waals surface area contributed by atoms with Gasteiger partial charge in [0.1, 0.15) is 0 Å². The lowest BCUT2D eigenvalue weighted by molar-refractivity contribution is 0.245. The first-order chi connectivity index (χ1) is 9.56. The molecule has 0 amide bonds. The second kappa shape index (κ2) is 8.77. The molecule has 1 heterocycles. The van der Waals surface area contributed by atoms with Gasteiger partial charge in [0.05, 0.1) is 0 Å². The summed E-state index contributed by atoms with van der Waals surface area (Å²) in [6.07, 6.45) is 4.81. The Kier molecular flexibility index (Phi) is 7.72. The zero-order valence-corrected chi connectivity index (χ0v) is 13.7. The van der Waals surface area contributed by atoms with E-state index in [1.165, 1.54) is 4.31 Å². The first kappa shape index (κ1) is 17.6. The Balaban J connectivity index is 2.62. The molecular weight excluding hydrogens is 274 g/mol. The highest BCUT2D eigenvalue weighted by Crippen LogP contribution is 2.20. The molecule has 0 spiro atoms. The summed E-state index contributed by atoms with van der Waals surface area (Å²) in [5.41, 5.74) is 0.